The van der Waals surface area contributed by atoms with Gasteiger partial charge in [0.15, 0.2) is 5.78 Å². The molecule has 25 heavy (non-hydrogen) atoms. The highest BCUT2D eigenvalue weighted by atomic mass is 16.2. The van der Waals surface area contributed by atoms with Gasteiger partial charge in [0.05, 0.1) is 6.54 Å². The summed E-state index contributed by atoms with van der Waals surface area (Å²) < 4.78 is 0. The molecule has 1 aromatic rings. The van der Waals surface area contributed by atoms with Gasteiger partial charge in [-0.25, -0.2) is 0 Å². The first-order valence-electron chi connectivity index (χ1n) is 9.12. The van der Waals surface area contributed by atoms with E-state index in [-0.39, 0.29) is 43.0 Å². The first kappa shape index (κ1) is 19.2. The van der Waals surface area contributed by atoms with Crippen LogP contribution in [0.2, 0.25) is 0 Å². The summed E-state index contributed by atoms with van der Waals surface area (Å²) in [6.45, 7) is 6.09. The molecule has 1 aliphatic carbocycles. The summed E-state index contributed by atoms with van der Waals surface area (Å²) in [6.07, 6.45) is 3.59. The highest BCUT2D eigenvalue weighted by molar-refractivity contribution is 5.98. The van der Waals surface area contributed by atoms with Crippen molar-refractivity contribution >= 4 is 17.6 Å². The zero-order chi connectivity index (χ0) is 18.4. The molecule has 0 radical (unpaired) electrons. The van der Waals surface area contributed by atoms with Gasteiger partial charge in [0.25, 0.3) is 0 Å². The summed E-state index contributed by atoms with van der Waals surface area (Å²) in [4.78, 5) is 38.0. The largest absolute Gasteiger partial charge is 0.352 e. The van der Waals surface area contributed by atoms with Gasteiger partial charge in [0.1, 0.15) is 0 Å². The number of nitrogens with one attached hydrogen (secondary N) is 1. The van der Waals surface area contributed by atoms with E-state index < -0.39 is 0 Å². The average molecular weight is 344 g/mol. The Morgan fingerprint density at radius 3 is 2.52 bits per heavy atom. The molecule has 5 nitrogen and oxygen atoms in total. The van der Waals surface area contributed by atoms with Gasteiger partial charge in [0, 0.05) is 31.0 Å². The third kappa shape index (κ3) is 5.41. The van der Waals surface area contributed by atoms with E-state index in [1.807, 2.05) is 39.0 Å². The molecule has 1 aromatic carbocycles. The van der Waals surface area contributed by atoms with Crippen molar-refractivity contribution in [1.29, 1.82) is 0 Å². The number of nitrogens with zero attached hydrogens (tertiary/aromatic N) is 1. The maximum Gasteiger partial charge on any atom is 0.239 e. The van der Waals surface area contributed by atoms with E-state index in [0.717, 1.165) is 19.3 Å². The van der Waals surface area contributed by atoms with E-state index in [2.05, 4.69) is 5.32 Å². The van der Waals surface area contributed by atoms with Crippen LogP contribution in [0.1, 0.15) is 61.5 Å². The van der Waals surface area contributed by atoms with E-state index in [0.29, 0.717) is 12.1 Å². The molecule has 1 aliphatic rings. The smallest absolute Gasteiger partial charge is 0.239 e. The number of aryl methyl sites for hydroxylation is 2. The molecule has 0 bridgehead atoms. The van der Waals surface area contributed by atoms with Crippen LogP contribution in [-0.2, 0) is 22.4 Å². The van der Waals surface area contributed by atoms with Crippen LogP contribution in [0, 0.1) is 0 Å². The summed E-state index contributed by atoms with van der Waals surface area (Å²) in [5, 5.41) is 2.78. The summed E-state index contributed by atoms with van der Waals surface area (Å²) in [7, 11) is 0. The first-order valence-corrected chi connectivity index (χ1v) is 9.12. The number of benzene rings is 1. The Morgan fingerprint density at radius 2 is 1.84 bits per heavy atom. The van der Waals surface area contributed by atoms with Crippen LogP contribution in [0.15, 0.2) is 18.2 Å². The molecule has 0 unspecified atom stereocenters. The summed E-state index contributed by atoms with van der Waals surface area (Å²) >= 11 is 0. The SMILES string of the molecule is CCN(CC(=O)NC(C)C)C(=O)CCC(=O)c1ccc2c(c1)CCC2. The molecule has 2 rings (SSSR count). The minimum atomic E-state index is -0.171. The van der Waals surface area contributed by atoms with Crippen LogP contribution in [0.3, 0.4) is 0 Å². The number of hydrogen-bond acceptors (Lipinski definition) is 3. The van der Waals surface area contributed by atoms with Gasteiger partial charge in [0.2, 0.25) is 11.8 Å². The van der Waals surface area contributed by atoms with Gasteiger partial charge in [-0.3, -0.25) is 14.4 Å². The molecule has 0 spiro atoms. The Labute approximate surface area is 149 Å². The Bertz CT molecular complexity index is 652. The van der Waals surface area contributed by atoms with E-state index in [1.54, 1.807) is 0 Å². The fraction of sp³-hybridized carbons (Fsp3) is 0.550. The van der Waals surface area contributed by atoms with Crippen molar-refractivity contribution in [3.8, 4) is 0 Å². The van der Waals surface area contributed by atoms with Gasteiger partial charge >= 0.3 is 0 Å². The second-order valence-corrected chi connectivity index (χ2v) is 6.89. The van der Waals surface area contributed by atoms with E-state index in [1.165, 1.54) is 16.0 Å². The number of likely N-dealkylation sites (N-methyl/N-ethyl adjacent to an activating group) is 1. The van der Waals surface area contributed by atoms with Crippen molar-refractivity contribution in [3.63, 3.8) is 0 Å². The van der Waals surface area contributed by atoms with Crippen LogP contribution in [0.25, 0.3) is 0 Å². The van der Waals surface area contributed by atoms with Crippen LogP contribution >= 0.6 is 0 Å². The van der Waals surface area contributed by atoms with Crippen molar-refractivity contribution < 1.29 is 14.4 Å². The predicted octanol–water partition coefficient (Wildman–Crippen LogP) is 2.51. The van der Waals surface area contributed by atoms with Gasteiger partial charge in [-0.1, -0.05) is 12.1 Å². The van der Waals surface area contributed by atoms with Crippen LogP contribution in [0.4, 0.5) is 0 Å². The quantitative estimate of drug-likeness (QED) is 0.737. The second-order valence-electron chi connectivity index (χ2n) is 6.89. The number of carbonyl (C=O) groups excluding carboxylic acids is 3. The molecule has 5 heteroatoms. The lowest BCUT2D eigenvalue weighted by atomic mass is 10.0. The minimum Gasteiger partial charge on any atom is -0.352 e. The van der Waals surface area contributed by atoms with Gasteiger partial charge in [-0.2, -0.15) is 0 Å². The third-order valence-corrected chi connectivity index (χ3v) is 4.50. The Morgan fingerprint density at radius 1 is 1.12 bits per heavy atom. The van der Waals surface area contributed by atoms with E-state index in [4.69, 9.17) is 0 Å². The second kappa shape index (κ2) is 8.79. The van der Waals surface area contributed by atoms with Crippen molar-refractivity contribution in [3.05, 3.63) is 34.9 Å². The lowest BCUT2D eigenvalue weighted by Gasteiger charge is -2.21. The number of carbonyl (C=O) groups is 3. The highest BCUT2D eigenvalue weighted by Crippen LogP contribution is 2.23. The summed E-state index contributed by atoms with van der Waals surface area (Å²) in [5.41, 5.74) is 3.28. The number of ketones is 1. The fourth-order valence-corrected chi connectivity index (χ4v) is 3.19. The van der Waals surface area contributed by atoms with Gasteiger partial charge in [-0.05, 0) is 57.2 Å². The molecule has 0 aliphatic heterocycles. The first-order chi connectivity index (χ1) is 11.9. The van der Waals surface area contributed by atoms with Crippen molar-refractivity contribution in [2.24, 2.45) is 0 Å². The summed E-state index contributed by atoms with van der Waals surface area (Å²) in [6, 6.07) is 5.92. The van der Waals surface area contributed by atoms with E-state index in [9.17, 15) is 14.4 Å². The van der Waals surface area contributed by atoms with Gasteiger partial charge in [-0.15, -0.1) is 0 Å². The maximum atomic E-state index is 12.4. The monoisotopic (exact) mass is 344 g/mol. The Kier molecular flexibility index (Phi) is 6.73. The zero-order valence-electron chi connectivity index (χ0n) is 15.4. The molecule has 1 N–H and O–H groups in total. The lowest BCUT2D eigenvalue weighted by molar-refractivity contribution is -0.136. The molecule has 0 saturated heterocycles. The average Bonchev–Trinajstić information content (AvgIpc) is 3.04. The number of hydrogen-bond donors (Lipinski definition) is 1. The molecule has 2 amide bonds. The number of Topliss-reactive ketones (excluding diaryl/α,β-unsaturated/α-hetero) is 1. The molecule has 0 heterocycles. The van der Waals surface area contributed by atoms with Crippen molar-refractivity contribution in [1.82, 2.24) is 10.2 Å². The Hall–Kier alpha value is -2.17. The fourth-order valence-electron chi connectivity index (χ4n) is 3.19. The molecule has 0 saturated carbocycles. The molecular weight excluding hydrogens is 316 g/mol. The topological polar surface area (TPSA) is 66.5 Å². The minimum absolute atomic E-state index is 0.00858. The molecular formula is C20H28N2O3. The normalized spacial score (nSPS) is 12.8. The van der Waals surface area contributed by atoms with Gasteiger partial charge < -0.3 is 10.2 Å². The van der Waals surface area contributed by atoms with Crippen molar-refractivity contribution in [2.45, 2.75) is 58.9 Å². The molecule has 0 atom stereocenters. The third-order valence-electron chi connectivity index (χ3n) is 4.50. The standard InChI is InChI=1S/C20H28N2O3/c1-4-22(13-19(24)21-14(2)3)20(25)11-10-18(23)17-9-8-15-6-5-7-16(15)12-17/h8-9,12,14H,4-7,10-11,13H2,1-3H3,(H,21,24). The van der Waals surface area contributed by atoms with Crippen LogP contribution < -0.4 is 5.32 Å². The van der Waals surface area contributed by atoms with Crippen LogP contribution in [0.5, 0.6) is 0 Å². The van der Waals surface area contributed by atoms with Crippen LogP contribution in [-0.4, -0.2) is 41.6 Å². The lowest BCUT2D eigenvalue weighted by Crippen LogP contribution is -2.42. The maximum absolute atomic E-state index is 12.4. The number of amides is 2. The van der Waals surface area contributed by atoms with Crippen molar-refractivity contribution in [2.75, 3.05) is 13.1 Å². The van der Waals surface area contributed by atoms with E-state index >= 15 is 0 Å². The Balaban J connectivity index is 1.87. The molecule has 0 fully saturated rings. The summed E-state index contributed by atoms with van der Waals surface area (Å²) in [5.74, 6) is -0.336. The molecule has 0 aromatic heterocycles. The number of fused-ring (bicyclic) bond motifs is 1. The predicted molar refractivity (Wildman–Crippen MR) is 97.6 cm³/mol. The number of rotatable bonds is 8. The zero-order valence-corrected chi connectivity index (χ0v) is 15.4. The molecule has 136 valence electrons. The highest BCUT2D eigenvalue weighted by Gasteiger charge is 2.19.